The van der Waals surface area contributed by atoms with Gasteiger partial charge in [-0.05, 0) is 48.4 Å². The Morgan fingerprint density at radius 3 is 2.53 bits per heavy atom. The van der Waals surface area contributed by atoms with Crippen LogP contribution < -0.4 is 9.64 Å². The molecule has 7 nitrogen and oxygen atoms in total. The zero-order valence-electron chi connectivity index (χ0n) is 19.5. The van der Waals surface area contributed by atoms with E-state index in [0.29, 0.717) is 29.8 Å². The fourth-order valence-electron chi connectivity index (χ4n) is 4.69. The Morgan fingerprint density at radius 1 is 1.18 bits per heavy atom. The van der Waals surface area contributed by atoms with E-state index in [1.165, 1.54) is 21.9 Å². The Kier molecular flexibility index (Phi) is 7.29. The second-order valence-corrected chi connectivity index (χ2v) is 8.69. The van der Waals surface area contributed by atoms with Gasteiger partial charge in [0, 0.05) is 18.5 Å². The van der Waals surface area contributed by atoms with Crippen molar-refractivity contribution in [2.24, 2.45) is 0 Å². The summed E-state index contributed by atoms with van der Waals surface area (Å²) in [4.78, 5) is 29.1. The molecule has 1 unspecified atom stereocenters. The van der Waals surface area contributed by atoms with Crippen LogP contribution in [0.2, 0.25) is 0 Å². The SMILES string of the molecule is COc1ccc(C(O)=C2C(=O)C(=O)N(CCC[NH+]3CCOCC3)C2c2ccc(F)cc2)cc1C. The van der Waals surface area contributed by atoms with Gasteiger partial charge in [-0.15, -0.1) is 0 Å². The van der Waals surface area contributed by atoms with Gasteiger partial charge in [-0.2, -0.15) is 0 Å². The second-order valence-electron chi connectivity index (χ2n) is 8.69. The topological polar surface area (TPSA) is 80.5 Å². The summed E-state index contributed by atoms with van der Waals surface area (Å²) in [6, 6.07) is 9.98. The van der Waals surface area contributed by atoms with Crippen molar-refractivity contribution in [2.75, 3.05) is 46.5 Å². The number of hydrogen-bond donors (Lipinski definition) is 2. The number of Topliss-reactive ketones (excluding diaryl/α,β-unsaturated/α-hetero) is 1. The highest BCUT2D eigenvalue weighted by atomic mass is 19.1. The molecule has 2 aromatic carbocycles. The van der Waals surface area contributed by atoms with Gasteiger partial charge in [-0.1, -0.05) is 12.1 Å². The first kappa shape index (κ1) is 23.9. The summed E-state index contributed by atoms with van der Waals surface area (Å²) < 4.78 is 24.3. The van der Waals surface area contributed by atoms with Gasteiger partial charge in [0.1, 0.15) is 30.4 Å². The summed E-state index contributed by atoms with van der Waals surface area (Å²) >= 11 is 0. The molecule has 2 heterocycles. The molecule has 2 aliphatic rings. The van der Waals surface area contributed by atoms with Crippen molar-refractivity contribution in [3.8, 4) is 5.75 Å². The predicted molar refractivity (Wildman–Crippen MR) is 124 cm³/mol. The maximum absolute atomic E-state index is 13.6. The minimum absolute atomic E-state index is 0.0138. The van der Waals surface area contributed by atoms with Crippen LogP contribution in [0.5, 0.6) is 5.75 Å². The molecule has 1 atom stereocenters. The zero-order valence-corrected chi connectivity index (χ0v) is 19.5. The van der Waals surface area contributed by atoms with E-state index < -0.39 is 23.5 Å². The number of benzene rings is 2. The monoisotopic (exact) mass is 469 g/mol. The van der Waals surface area contributed by atoms with Gasteiger partial charge in [-0.25, -0.2) is 4.39 Å². The molecule has 0 bridgehead atoms. The van der Waals surface area contributed by atoms with Gasteiger partial charge in [-0.3, -0.25) is 9.59 Å². The molecule has 0 spiro atoms. The van der Waals surface area contributed by atoms with Gasteiger partial charge in [0.2, 0.25) is 0 Å². The van der Waals surface area contributed by atoms with Crippen LogP contribution in [0.15, 0.2) is 48.0 Å². The molecule has 0 aliphatic carbocycles. The van der Waals surface area contributed by atoms with Crippen LogP contribution in [0.1, 0.15) is 29.2 Å². The smallest absolute Gasteiger partial charge is 0.295 e. The number of carbonyl (C=O) groups excluding carboxylic acids is 2. The van der Waals surface area contributed by atoms with Crippen LogP contribution in [0.4, 0.5) is 4.39 Å². The summed E-state index contributed by atoms with van der Waals surface area (Å²) in [6.07, 6.45) is 0.696. The number of carbonyl (C=O) groups is 2. The molecule has 0 saturated carbocycles. The molecule has 2 aliphatic heterocycles. The maximum Gasteiger partial charge on any atom is 0.295 e. The number of morpholine rings is 1. The molecule has 0 radical (unpaired) electrons. The van der Waals surface area contributed by atoms with E-state index in [-0.39, 0.29) is 11.3 Å². The maximum atomic E-state index is 13.6. The van der Waals surface area contributed by atoms with Crippen molar-refractivity contribution < 1.29 is 33.5 Å². The third kappa shape index (κ3) is 4.83. The molecule has 2 aromatic rings. The lowest BCUT2D eigenvalue weighted by Gasteiger charge is -2.27. The lowest BCUT2D eigenvalue weighted by atomic mass is 9.94. The van der Waals surface area contributed by atoms with Crippen molar-refractivity contribution in [1.82, 2.24) is 4.90 Å². The van der Waals surface area contributed by atoms with E-state index in [9.17, 15) is 19.1 Å². The van der Waals surface area contributed by atoms with Gasteiger partial charge in [0.05, 0.1) is 38.5 Å². The minimum atomic E-state index is -0.789. The third-order valence-corrected chi connectivity index (χ3v) is 6.52. The van der Waals surface area contributed by atoms with Gasteiger partial charge in [0.15, 0.2) is 0 Å². The molecule has 0 aromatic heterocycles. The molecule has 180 valence electrons. The molecule has 2 fully saturated rings. The molecular weight excluding hydrogens is 439 g/mol. The van der Waals surface area contributed by atoms with Crippen molar-refractivity contribution in [3.63, 3.8) is 0 Å². The van der Waals surface area contributed by atoms with E-state index in [1.54, 1.807) is 37.4 Å². The fraction of sp³-hybridized carbons (Fsp3) is 0.385. The van der Waals surface area contributed by atoms with E-state index in [0.717, 1.165) is 38.4 Å². The molecular formula is C26H30FN2O5+. The number of halogens is 1. The number of aliphatic hydroxyl groups excluding tert-OH is 1. The highest BCUT2D eigenvalue weighted by molar-refractivity contribution is 6.46. The number of hydrogen-bond acceptors (Lipinski definition) is 5. The molecule has 34 heavy (non-hydrogen) atoms. The number of likely N-dealkylation sites (tertiary alicyclic amines) is 1. The minimum Gasteiger partial charge on any atom is -0.507 e. The average Bonchev–Trinajstić information content (AvgIpc) is 3.09. The first-order chi connectivity index (χ1) is 16.4. The van der Waals surface area contributed by atoms with E-state index in [1.807, 2.05) is 6.92 Å². The third-order valence-electron chi connectivity index (χ3n) is 6.52. The first-order valence-corrected chi connectivity index (χ1v) is 11.5. The first-order valence-electron chi connectivity index (χ1n) is 11.5. The van der Waals surface area contributed by atoms with Gasteiger partial charge >= 0.3 is 0 Å². The molecule has 1 amide bonds. The number of methoxy groups -OCH3 is 1. The number of aryl methyl sites for hydroxylation is 1. The summed E-state index contributed by atoms with van der Waals surface area (Å²) in [5.74, 6) is -1.41. The summed E-state index contributed by atoms with van der Waals surface area (Å²) in [5.41, 5.74) is 1.79. The zero-order chi connectivity index (χ0) is 24.2. The number of amides is 1. The quantitative estimate of drug-likeness (QED) is 0.368. The van der Waals surface area contributed by atoms with Crippen LogP contribution in [-0.2, 0) is 14.3 Å². The number of ketones is 1. The lowest BCUT2D eigenvalue weighted by molar-refractivity contribution is -0.908. The Balaban J connectivity index is 1.68. The number of nitrogens with one attached hydrogen (secondary N) is 1. The summed E-state index contributed by atoms with van der Waals surface area (Å²) in [5, 5.41) is 11.2. The van der Waals surface area contributed by atoms with Crippen LogP contribution in [0, 0.1) is 12.7 Å². The second kappa shape index (κ2) is 10.4. The molecule has 2 N–H and O–H groups in total. The van der Waals surface area contributed by atoms with Crippen molar-refractivity contribution >= 4 is 17.4 Å². The predicted octanol–water partition coefficient (Wildman–Crippen LogP) is 1.87. The van der Waals surface area contributed by atoms with Crippen molar-refractivity contribution in [1.29, 1.82) is 0 Å². The normalized spacial score (nSPS) is 20.7. The molecule has 4 rings (SSSR count). The Bertz CT molecular complexity index is 1090. The lowest BCUT2D eigenvalue weighted by Crippen LogP contribution is -3.14. The summed E-state index contributed by atoms with van der Waals surface area (Å²) in [7, 11) is 1.56. The molecule has 8 heteroatoms. The standard InChI is InChI=1S/C26H29FN2O5/c1-17-16-19(6-9-21(17)33-2)24(30)22-23(18-4-7-20(27)8-5-18)29(26(32)25(22)31)11-3-10-28-12-14-34-15-13-28/h4-9,16,23,30H,3,10-15H2,1-2H3/p+1. The Labute approximate surface area is 198 Å². The molecule has 2 saturated heterocycles. The summed E-state index contributed by atoms with van der Waals surface area (Å²) in [6.45, 7) is 6.30. The highest BCUT2D eigenvalue weighted by Crippen LogP contribution is 2.39. The van der Waals surface area contributed by atoms with E-state index >= 15 is 0 Å². The van der Waals surface area contributed by atoms with Crippen LogP contribution in [0.3, 0.4) is 0 Å². The van der Waals surface area contributed by atoms with Crippen molar-refractivity contribution in [2.45, 2.75) is 19.4 Å². The average molecular weight is 470 g/mol. The Hall–Kier alpha value is -3.23. The number of nitrogens with zero attached hydrogens (tertiary/aromatic N) is 1. The number of quaternary nitrogens is 1. The van der Waals surface area contributed by atoms with Crippen LogP contribution in [0.25, 0.3) is 5.76 Å². The van der Waals surface area contributed by atoms with E-state index in [2.05, 4.69) is 0 Å². The van der Waals surface area contributed by atoms with E-state index in [4.69, 9.17) is 9.47 Å². The van der Waals surface area contributed by atoms with Gasteiger partial charge < -0.3 is 24.4 Å². The largest absolute Gasteiger partial charge is 0.507 e. The number of rotatable bonds is 7. The van der Waals surface area contributed by atoms with Crippen LogP contribution in [-0.4, -0.2) is 68.2 Å². The van der Waals surface area contributed by atoms with Gasteiger partial charge in [0.25, 0.3) is 11.7 Å². The van der Waals surface area contributed by atoms with Crippen LogP contribution >= 0.6 is 0 Å². The highest BCUT2D eigenvalue weighted by Gasteiger charge is 2.46. The van der Waals surface area contributed by atoms with Crippen molar-refractivity contribution in [3.05, 3.63) is 70.5 Å². The number of aliphatic hydroxyl groups is 1. The Morgan fingerprint density at radius 2 is 1.88 bits per heavy atom. The fourth-order valence-corrected chi connectivity index (χ4v) is 4.69. The number of ether oxygens (including phenoxy) is 2.